The van der Waals surface area contributed by atoms with E-state index in [0.717, 1.165) is 16.6 Å². The van der Waals surface area contributed by atoms with Crippen LogP contribution in [0.3, 0.4) is 0 Å². The van der Waals surface area contributed by atoms with Crippen LogP contribution in [0.5, 0.6) is 0 Å². The van der Waals surface area contributed by atoms with Gasteiger partial charge in [-0.25, -0.2) is 4.98 Å². The van der Waals surface area contributed by atoms with Crippen LogP contribution in [0.4, 0.5) is 11.8 Å². The summed E-state index contributed by atoms with van der Waals surface area (Å²) >= 11 is 1.63. The SMILES string of the molecule is CCc1cc2c(NC(C)(C)C(C)(C)O)nc(N)nc2s1. The third-order valence-corrected chi connectivity index (χ3v) is 4.94. The molecule has 2 rings (SSSR count). The number of hydrogen-bond acceptors (Lipinski definition) is 6. The third kappa shape index (κ3) is 2.71. The van der Waals surface area contributed by atoms with Crippen molar-refractivity contribution in [2.24, 2.45) is 0 Å². The van der Waals surface area contributed by atoms with E-state index < -0.39 is 11.1 Å². The lowest BCUT2D eigenvalue weighted by molar-refractivity contribution is 0.0239. The first kappa shape index (κ1) is 15.0. The van der Waals surface area contributed by atoms with Gasteiger partial charge >= 0.3 is 0 Å². The molecule has 0 bridgehead atoms. The van der Waals surface area contributed by atoms with Crippen molar-refractivity contribution in [2.75, 3.05) is 11.1 Å². The Balaban J connectivity index is 2.51. The largest absolute Gasteiger partial charge is 0.388 e. The molecule has 0 aliphatic heterocycles. The van der Waals surface area contributed by atoms with Crippen molar-refractivity contribution >= 4 is 33.3 Å². The van der Waals surface area contributed by atoms with Crippen LogP contribution < -0.4 is 11.1 Å². The highest BCUT2D eigenvalue weighted by Crippen LogP contribution is 2.33. The van der Waals surface area contributed by atoms with Crippen molar-refractivity contribution in [3.05, 3.63) is 10.9 Å². The van der Waals surface area contributed by atoms with Crippen molar-refractivity contribution in [1.29, 1.82) is 0 Å². The van der Waals surface area contributed by atoms with E-state index in [0.29, 0.717) is 5.82 Å². The van der Waals surface area contributed by atoms with E-state index in [1.54, 1.807) is 25.2 Å². The molecule has 0 fully saturated rings. The molecule has 5 nitrogen and oxygen atoms in total. The first-order valence-corrected chi connectivity index (χ1v) is 7.52. The number of nitrogen functional groups attached to an aromatic ring is 1. The van der Waals surface area contributed by atoms with Gasteiger partial charge in [0.05, 0.1) is 16.5 Å². The second-order valence-corrected chi connectivity index (χ2v) is 7.14. The molecule has 0 aliphatic rings. The molecule has 0 saturated carbocycles. The molecule has 0 atom stereocenters. The highest BCUT2D eigenvalue weighted by atomic mass is 32.1. The number of fused-ring (bicyclic) bond motifs is 1. The van der Waals surface area contributed by atoms with Gasteiger partial charge < -0.3 is 16.2 Å². The van der Waals surface area contributed by atoms with Crippen LogP contribution in [-0.4, -0.2) is 26.2 Å². The molecule has 0 spiro atoms. The molecule has 0 aliphatic carbocycles. The number of hydrogen-bond donors (Lipinski definition) is 3. The maximum atomic E-state index is 10.3. The van der Waals surface area contributed by atoms with Crippen molar-refractivity contribution in [2.45, 2.75) is 52.2 Å². The first-order chi connectivity index (χ1) is 9.14. The Labute approximate surface area is 123 Å². The molecule has 110 valence electrons. The standard InChI is InChI=1S/C14H22N4OS/c1-6-8-7-9-10(16-12(15)17-11(9)20-8)18-13(2,3)14(4,5)19/h7,19H,6H2,1-5H3,(H3,15,16,17,18). The summed E-state index contributed by atoms with van der Waals surface area (Å²) in [6.07, 6.45) is 0.954. The van der Waals surface area contributed by atoms with Crippen molar-refractivity contribution < 1.29 is 5.11 Å². The van der Waals surface area contributed by atoms with Gasteiger partial charge in [0.1, 0.15) is 10.6 Å². The topological polar surface area (TPSA) is 84.1 Å². The summed E-state index contributed by atoms with van der Waals surface area (Å²) in [5.74, 6) is 0.923. The Hall–Kier alpha value is -1.40. The Morgan fingerprint density at radius 3 is 2.50 bits per heavy atom. The smallest absolute Gasteiger partial charge is 0.223 e. The van der Waals surface area contributed by atoms with Gasteiger partial charge in [-0.15, -0.1) is 11.3 Å². The molecule has 6 heteroatoms. The second-order valence-electron chi connectivity index (χ2n) is 6.02. The number of aromatic nitrogens is 2. The fourth-order valence-electron chi connectivity index (χ4n) is 1.71. The van der Waals surface area contributed by atoms with E-state index in [4.69, 9.17) is 5.73 Å². The summed E-state index contributed by atoms with van der Waals surface area (Å²) in [5.41, 5.74) is 4.34. The minimum atomic E-state index is -0.900. The number of aryl methyl sites for hydroxylation is 1. The van der Waals surface area contributed by atoms with E-state index in [-0.39, 0.29) is 5.95 Å². The molecule has 2 heterocycles. The second kappa shape index (κ2) is 4.86. The highest BCUT2D eigenvalue weighted by Gasteiger charge is 2.35. The zero-order chi connectivity index (χ0) is 15.1. The molecular weight excluding hydrogens is 272 g/mol. The molecule has 0 amide bonds. The van der Waals surface area contributed by atoms with Gasteiger partial charge in [-0.2, -0.15) is 4.98 Å². The lowest BCUT2D eigenvalue weighted by Crippen LogP contribution is -2.51. The molecular formula is C14H22N4OS. The maximum absolute atomic E-state index is 10.3. The average molecular weight is 294 g/mol. The van der Waals surface area contributed by atoms with Gasteiger partial charge in [0.15, 0.2) is 0 Å². The van der Waals surface area contributed by atoms with Crippen LogP contribution in [0, 0.1) is 0 Å². The van der Waals surface area contributed by atoms with Crippen molar-refractivity contribution in [3.8, 4) is 0 Å². The number of nitrogens with two attached hydrogens (primary N) is 1. The van der Waals surface area contributed by atoms with Crippen LogP contribution in [0.1, 0.15) is 39.5 Å². The van der Waals surface area contributed by atoms with E-state index in [9.17, 15) is 5.11 Å². The fourth-order valence-corrected chi connectivity index (χ4v) is 2.68. The highest BCUT2D eigenvalue weighted by molar-refractivity contribution is 7.18. The van der Waals surface area contributed by atoms with Crippen LogP contribution in [0.2, 0.25) is 0 Å². The molecule has 20 heavy (non-hydrogen) atoms. The molecule has 2 aromatic heterocycles. The van der Waals surface area contributed by atoms with Gasteiger partial charge in [-0.3, -0.25) is 0 Å². The number of aliphatic hydroxyl groups is 1. The van der Waals surface area contributed by atoms with Gasteiger partial charge in [-0.1, -0.05) is 6.92 Å². The minimum Gasteiger partial charge on any atom is -0.388 e. The first-order valence-electron chi connectivity index (χ1n) is 6.70. The number of nitrogens with zero attached hydrogens (tertiary/aromatic N) is 2. The summed E-state index contributed by atoms with van der Waals surface area (Å²) in [4.78, 5) is 10.7. The predicted molar refractivity (Wildman–Crippen MR) is 85.2 cm³/mol. The molecule has 0 radical (unpaired) electrons. The summed E-state index contributed by atoms with van der Waals surface area (Å²) in [6, 6.07) is 2.09. The Morgan fingerprint density at radius 2 is 1.95 bits per heavy atom. The Bertz CT molecular complexity index is 628. The van der Waals surface area contributed by atoms with Crippen LogP contribution in [0.15, 0.2) is 6.07 Å². The number of nitrogens with one attached hydrogen (secondary N) is 1. The lowest BCUT2D eigenvalue weighted by Gasteiger charge is -2.38. The molecule has 0 saturated heterocycles. The number of rotatable bonds is 4. The molecule has 0 unspecified atom stereocenters. The van der Waals surface area contributed by atoms with Gasteiger partial charge in [0, 0.05) is 4.88 Å². The Morgan fingerprint density at radius 1 is 1.30 bits per heavy atom. The average Bonchev–Trinajstić information content (AvgIpc) is 2.69. The lowest BCUT2D eigenvalue weighted by atomic mass is 9.86. The summed E-state index contributed by atoms with van der Waals surface area (Å²) < 4.78 is 0. The maximum Gasteiger partial charge on any atom is 0.223 e. The van der Waals surface area contributed by atoms with Gasteiger partial charge in [0.2, 0.25) is 5.95 Å². The van der Waals surface area contributed by atoms with Crippen LogP contribution in [0.25, 0.3) is 10.2 Å². The van der Waals surface area contributed by atoms with Crippen LogP contribution >= 0.6 is 11.3 Å². The van der Waals surface area contributed by atoms with Crippen LogP contribution in [-0.2, 0) is 6.42 Å². The quantitative estimate of drug-likeness (QED) is 0.807. The zero-order valence-corrected chi connectivity index (χ0v) is 13.4. The summed E-state index contributed by atoms with van der Waals surface area (Å²) in [6.45, 7) is 9.52. The number of thiophene rings is 1. The number of anilines is 2. The zero-order valence-electron chi connectivity index (χ0n) is 12.6. The van der Waals surface area contributed by atoms with E-state index in [2.05, 4.69) is 28.3 Å². The van der Waals surface area contributed by atoms with Crippen molar-refractivity contribution in [1.82, 2.24) is 9.97 Å². The monoisotopic (exact) mass is 294 g/mol. The summed E-state index contributed by atoms with van der Waals surface area (Å²) in [5, 5.41) is 14.5. The molecule has 4 N–H and O–H groups in total. The van der Waals surface area contributed by atoms with Gasteiger partial charge in [0.25, 0.3) is 0 Å². The Kier molecular flexibility index (Phi) is 3.64. The van der Waals surface area contributed by atoms with Gasteiger partial charge in [-0.05, 0) is 40.2 Å². The van der Waals surface area contributed by atoms with Crippen molar-refractivity contribution in [3.63, 3.8) is 0 Å². The summed E-state index contributed by atoms with van der Waals surface area (Å²) in [7, 11) is 0. The molecule has 2 aromatic rings. The minimum absolute atomic E-state index is 0.246. The molecule has 0 aromatic carbocycles. The third-order valence-electron chi connectivity index (χ3n) is 3.77. The van der Waals surface area contributed by atoms with E-state index in [1.165, 1.54) is 4.88 Å². The normalized spacial score (nSPS) is 12.9. The van der Waals surface area contributed by atoms with E-state index >= 15 is 0 Å². The van der Waals surface area contributed by atoms with E-state index in [1.807, 2.05) is 13.8 Å². The predicted octanol–water partition coefficient (Wildman–Crippen LogP) is 2.80. The fraction of sp³-hybridized carbons (Fsp3) is 0.571.